The van der Waals surface area contributed by atoms with Crippen molar-refractivity contribution in [1.82, 2.24) is 0 Å². The van der Waals surface area contributed by atoms with Crippen molar-refractivity contribution in [1.29, 1.82) is 0 Å². The van der Waals surface area contributed by atoms with Crippen LogP contribution >= 0.6 is 27.5 Å². The van der Waals surface area contributed by atoms with Crippen molar-refractivity contribution in [3.05, 3.63) is 27.7 Å². The monoisotopic (exact) mass is 359 g/mol. The Morgan fingerprint density at radius 1 is 1.45 bits per heavy atom. The van der Waals surface area contributed by atoms with Crippen LogP contribution in [0.3, 0.4) is 0 Å². The van der Waals surface area contributed by atoms with Gasteiger partial charge in [0, 0.05) is 33.2 Å². The predicted molar refractivity (Wildman–Crippen MR) is 89.5 cm³/mol. The van der Waals surface area contributed by atoms with Gasteiger partial charge in [-0.25, -0.2) is 0 Å². The molecule has 0 saturated heterocycles. The van der Waals surface area contributed by atoms with E-state index in [9.17, 15) is 0 Å². The average Bonchev–Trinajstić information content (AvgIpc) is 2.34. The van der Waals surface area contributed by atoms with Gasteiger partial charge in [0.15, 0.2) is 0 Å². The van der Waals surface area contributed by atoms with E-state index >= 15 is 0 Å². The van der Waals surface area contributed by atoms with Gasteiger partial charge in [-0.05, 0) is 46.5 Å². The fraction of sp³-hybridized carbons (Fsp3) is 0.625. The van der Waals surface area contributed by atoms with Crippen molar-refractivity contribution in [2.45, 2.75) is 46.3 Å². The first-order chi connectivity index (χ1) is 9.30. The molecule has 2 nitrogen and oxygen atoms in total. The van der Waals surface area contributed by atoms with Crippen LogP contribution in [0.4, 0.5) is 5.69 Å². The lowest BCUT2D eigenvalue weighted by Gasteiger charge is -2.52. The van der Waals surface area contributed by atoms with Crippen molar-refractivity contribution in [2.24, 2.45) is 11.3 Å². The molecule has 0 amide bonds. The van der Waals surface area contributed by atoms with Crippen molar-refractivity contribution >= 4 is 33.2 Å². The normalized spacial score (nSPS) is 24.6. The number of hydrogen-bond donors (Lipinski definition) is 1. The van der Waals surface area contributed by atoms with Crippen LogP contribution in [-0.2, 0) is 4.74 Å². The molecule has 2 atom stereocenters. The van der Waals surface area contributed by atoms with Crippen LogP contribution in [0.5, 0.6) is 0 Å². The van der Waals surface area contributed by atoms with Gasteiger partial charge in [0.1, 0.15) is 0 Å². The Labute approximate surface area is 135 Å². The minimum absolute atomic E-state index is 0.147. The topological polar surface area (TPSA) is 21.3 Å². The highest BCUT2D eigenvalue weighted by molar-refractivity contribution is 9.10. The zero-order valence-electron chi connectivity index (χ0n) is 12.5. The largest absolute Gasteiger partial charge is 0.381 e. The molecule has 0 aliphatic heterocycles. The minimum atomic E-state index is 0.147. The van der Waals surface area contributed by atoms with Crippen LogP contribution in [0.2, 0.25) is 5.02 Å². The van der Waals surface area contributed by atoms with Crippen LogP contribution in [0.25, 0.3) is 0 Å². The molecule has 1 aliphatic carbocycles. The van der Waals surface area contributed by atoms with E-state index in [0.717, 1.165) is 28.2 Å². The van der Waals surface area contributed by atoms with E-state index in [0.29, 0.717) is 18.1 Å². The van der Waals surface area contributed by atoms with E-state index in [1.807, 2.05) is 18.2 Å². The van der Waals surface area contributed by atoms with E-state index in [2.05, 4.69) is 48.9 Å². The van der Waals surface area contributed by atoms with E-state index in [-0.39, 0.29) is 5.41 Å². The summed E-state index contributed by atoms with van der Waals surface area (Å²) in [6, 6.07) is 6.28. The van der Waals surface area contributed by atoms with Crippen LogP contribution in [0.1, 0.15) is 34.1 Å². The quantitative estimate of drug-likeness (QED) is 0.763. The third-order valence-corrected chi connectivity index (χ3v) is 4.96. The average molecular weight is 361 g/mol. The van der Waals surface area contributed by atoms with Gasteiger partial charge in [0.2, 0.25) is 0 Å². The molecular formula is C16H23BrClNO. The Bertz CT molecular complexity index is 476. The molecule has 0 radical (unpaired) electrons. The fourth-order valence-corrected chi connectivity index (χ4v) is 3.31. The van der Waals surface area contributed by atoms with Crippen molar-refractivity contribution in [2.75, 3.05) is 11.9 Å². The highest BCUT2D eigenvalue weighted by Crippen LogP contribution is 2.45. The first kappa shape index (κ1) is 16.1. The lowest BCUT2D eigenvalue weighted by Crippen LogP contribution is -2.58. The molecule has 112 valence electrons. The smallest absolute Gasteiger partial charge is 0.0665 e. The molecule has 1 fully saturated rings. The standard InChI is InChI=1S/C16H23BrClNO/c1-10(2)9-20-15-8-14(16(15,3)4)19-13-6-5-11(18)7-12(13)17/h5-7,10,14-15,19H,8-9H2,1-4H3. The molecule has 1 saturated carbocycles. The maximum absolute atomic E-state index is 6.00. The Kier molecular flexibility index (Phi) is 5.04. The summed E-state index contributed by atoms with van der Waals surface area (Å²) >= 11 is 9.53. The molecule has 0 bridgehead atoms. The molecular weight excluding hydrogens is 338 g/mol. The Balaban J connectivity index is 1.95. The predicted octanol–water partition coefficient (Wildman–Crippen LogP) is 5.35. The van der Waals surface area contributed by atoms with Gasteiger partial charge in [0.25, 0.3) is 0 Å². The van der Waals surface area contributed by atoms with E-state index in [1.165, 1.54) is 0 Å². The minimum Gasteiger partial charge on any atom is -0.381 e. The van der Waals surface area contributed by atoms with Crippen molar-refractivity contribution in [3.63, 3.8) is 0 Å². The van der Waals surface area contributed by atoms with Gasteiger partial charge in [0.05, 0.1) is 6.10 Å². The van der Waals surface area contributed by atoms with Gasteiger partial charge in [-0.2, -0.15) is 0 Å². The summed E-state index contributed by atoms with van der Waals surface area (Å²) in [7, 11) is 0. The number of anilines is 1. The second kappa shape index (κ2) is 6.25. The van der Waals surface area contributed by atoms with E-state index < -0.39 is 0 Å². The lowest BCUT2D eigenvalue weighted by atomic mass is 9.64. The molecule has 0 spiro atoms. The highest BCUT2D eigenvalue weighted by atomic mass is 79.9. The number of ether oxygens (including phenoxy) is 1. The van der Waals surface area contributed by atoms with Crippen LogP contribution in [0.15, 0.2) is 22.7 Å². The zero-order chi connectivity index (χ0) is 14.9. The van der Waals surface area contributed by atoms with E-state index in [4.69, 9.17) is 16.3 Å². The Morgan fingerprint density at radius 2 is 2.15 bits per heavy atom. The van der Waals surface area contributed by atoms with Gasteiger partial charge < -0.3 is 10.1 Å². The molecule has 1 aliphatic rings. The molecule has 0 heterocycles. The SMILES string of the molecule is CC(C)COC1CC(Nc2ccc(Cl)cc2Br)C1(C)C. The Hall–Kier alpha value is -0.250. The van der Waals surface area contributed by atoms with Gasteiger partial charge in [-0.1, -0.05) is 39.3 Å². The number of halogens is 2. The second-order valence-corrected chi connectivity index (χ2v) is 7.88. The first-order valence-corrected chi connectivity index (χ1v) is 8.31. The van der Waals surface area contributed by atoms with Gasteiger partial charge in [-0.3, -0.25) is 0 Å². The number of rotatable bonds is 5. The van der Waals surface area contributed by atoms with Crippen LogP contribution < -0.4 is 5.32 Å². The molecule has 1 N–H and O–H groups in total. The molecule has 0 aromatic heterocycles. The van der Waals surface area contributed by atoms with Crippen LogP contribution in [-0.4, -0.2) is 18.8 Å². The Morgan fingerprint density at radius 3 is 2.70 bits per heavy atom. The first-order valence-electron chi connectivity index (χ1n) is 7.14. The summed E-state index contributed by atoms with van der Waals surface area (Å²) in [4.78, 5) is 0. The number of nitrogens with one attached hydrogen (secondary N) is 1. The maximum Gasteiger partial charge on any atom is 0.0665 e. The fourth-order valence-electron chi connectivity index (χ4n) is 2.52. The van der Waals surface area contributed by atoms with Gasteiger partial charge in [-0.15, -0.1) is 0 Å². The summed E-state index contributed by atoms with van der Waals surface area (Å²) in [6.45, 7) is 9.75. The summed E-state index contributed by atoms with van der Waals surface area (Å²) in [5, 5.41) is 4.34. The van der Waals surface area contributed by atoms with Gasteiger partial charge >= 0.3 is 0 Å². The summed E-state index contributed by atoms with van der Waals surface area (Å²) in [5.74, 6) is 0.586. The molecule has 1 aromatic carbocycles. The van der Waals surface area contributed by atoms with E-state index in [1.54, 1.807) is 0 Å². The van der Waals surface area contributed by atoms with Crippen LogP contribution in [0, 0.1) is 11.3 Å². The zero-order valence-corrected chi connectivity index (χ0v) is 14.9. The maximum atomic E-state index is 6.00. The molecule has 4 heteroatoms. The second-order valence-electron chi connectivity index (χ2n) is 6.59. The molecule has 1 aromatic rings. The molecule has 2 unspecified atom stereocenters. The molecule has 20 heavy (non-hydrogen) atoms. The summed E-state index contributed by atoms with van der Waals surface area (Å²) in [6.07, 6.45) is 1.39. The summed E-state index contributed by atoms with van der Waals surface area (Å²) < 4.78 is 7.01. The number of hydrogen-bond acceptors (Lipinski definition) is 2. The third-order valence-electron chi connectivity index (χ3n) is 4.07. The number of benzene rings is 1. The van der Waals surface area contributed by atoms with Crippen molar-refractivity contribution in [3.8, 4) is 0 Å². The third kappa shape index (κ3) is 3.49. The highest BCUT2D eigenvalue weighted by Gasteiger charge is 2.49. The lowest BCUT2D eigenvalue weighted by molar-refractivity contribution is -0.108. The molecule has 2 rings (SSSR count). The van der Waals surface area contributed by atoms with Crippen molar-refractivity contribution < 1.29 is 4.74 Å². The summed E-state index contributed by atoms with van der Waals surface area (Å²) in [5.41, 5.74) is 1.24.